The van der Waals surface area contributed by atoms with E-state index in [0.717, 1.165) is 12.8 Å². The molecule has 0 saturated carbocycles. The number of nitriles is 1. The van der Waals surface area contributed by atoms with Gasteiger partial charge in [0.1, 0.15) is 0 Å². The Labute approximate surface area is 111 Å². The highest BCUT2D eigenvalue weighted by Crippen LogP contribution is 2.25. The Morgan fingerprint density at radius 2 is 2.00 bits per heavy atom. The standard InChI is InChI=1S/C11H12ClN3O2S/c12-10-7-9(8-13)3-4-11(10)14-18(16,17)15-5-1-2-6-15/h3-4,7,14H,1-2,5-6H2. The molecule has 7 heteroatoms. The van der Waals surface area contributed by atoms with Crippen LogP contribution < -0.4 is 4.72 Å². The summed E-state index contributed by atoms with van der Waals surface area (Å²) < 4.78 is 27.8. The Balaban J connectivity index is 2.21. The molecule has 2 rings (SSSR count). The lowest BCUT2D eigenvalue weighted by Crippen LogP contribution is -2.33. The van der Waals surface area contributed by atoms with Gasteiger partial charge >= 0.3 is 10.2 Å². The van der Waals surface area contributed by atoms with Crippen molar-refractivity contribution in [2.24, 2.45) is 0 Å². The molecule has 0 aromatic heterocycles. The van der Waals surface area contributed by atoms with Gasteiger partial charge in [0.2, 0.25) is 0 Å². The molecule has 0 bridgehead atoms. The average Bonchev–Trinajstić information content (AvgIpc) is 2.86. The fourth-order valence-electron chi connectivity index (χ4n) is 1.80. The lowest BCUT2D eigenvalue weighted by molar-refractivity contribution is 0.482. The first-order chi connectivity index (χ1) is 8.53. The van der Waals surface area contributed by atoms with Gasteiger partial charge in [-0.2, -0.15) is 18.0 Å². The van der Waals surface area contributed by atoms with Crippen LogP contribution in [-0.4, -0.2) is 25.8 Å². The molecule has 1 aromatic rings. The van der Waals surface area contributed by atoms with Crippen LogP contribution in [0.15, 0.2) is 18.2 Å². The molecule has 0 atom stereocenters. The van der Waals surface area contributed by atoms with Gasteiger partial charge in [0.15, 0.2) is 0 Å². The van der Waals surface area contributed by atoms with E-state index in [2.05, 4.69) is 4.72 Å². The van der Waals surface area contributed by atoms with Crippen LogP contribution in [0.5, 0.6) is 0 Å². The number of rotatable bonds is 3. The van der Waals surface area contributed by atoms with E-state index in [1.54, 1.807) is 0 Å². The Morgan fingerprint density at radius 3 is 2.56 bits per heavy atom. The highest BCUT2D eigenvalue weighted by molar-refractivity contribution is 7.90. The van der Waals surface area contributed by atoms with E-state index in [4.69, 9.17) is 16.9 Å². The van der Waals surface area contributed by atoms with E-state index in [0.29, 0.717) is 24.3 Å². The summed E-state index contributed by atoms with van der Waals surface area (Å²) in [5.41, 5.74) is 0.687. The zero-order valence-corrected chi connectivity index (χ0v) is 11.1. The first-order valence-electron chi connectivity index (χ1n) is 5.50. The second-order valence-corrected chi connectivity index (χ2v) is 6.10. The zero-order valence-electron chi connectivity index (χ0n) is 9.56. The highest BCUT2D eigenvalue weighted by atomic mass is 35.5. The van der Waals surface area contributed by atoms with Gasteiger partial charge in [-0.1, -0.05) is 11.6 Å². The largest absolute Gasteiger partial charge is 0.301 e. The first kappa shape index (κ1) is 13.1. The average molecular weight is 286 g/mol. The summed E-state index contributed by atoms with van der Waals surface area (Å²) in [7, 11) is -3.54. The van der Waals surface area contributed by atoms with Crippen LogP contribution >= 0.6 is 11.6 Å². The number of benzene rings is 1. The second kappa shape index (κ2) is 5.14. The van der Waals surface area contributed by atoms with Crippen molar-refractivity contribution in [1.29, 1.82) is 5.26 Å². The summed E-state index contributed by atoms with van der Waals surface area (Å²) in [5.74, 6) is 0. The van der Waals surface area contributed by atoms with Crippen LogP contribution in [0.25, 0.3) is 0 Å². The van der Waals surface area contributed by atoms with Gasteiger partial charge in [-0.05, 0) is 31.0 Å². The monoisotopic (exact) mass is 285 g/mol. The molecule has 1 heterocycles. The van der Waals surface area contributed by atoms with Crippen molar-refractivity contribution >= 4 is 27.5 Å². The van der Waals surface area contributed by atoms with Crippen molar-refractivity contribution in [3.8, 4) is 6.07 Å². The molecule has 1 aromatic carbocycles. The smallest absolute Gasteiger partial charge is 0.269 e. The third-order valence-electron chi connectivity index (χ3n) is 2.74. The molecule has 1 aliphatic rings. The van der Waals surface area contributed by atoms with Crippen LogP contribution in [0.3, 0.4) is 0 Å². The molecule has 0 unspecified atom stereocenters. The summed E-state index contributed by atoms with van der Waals surface area (Å²) in [6, 6.07) is 6.39. The number of halogens is 1. The van der Waals surface area contributed by atoms with Crippen molar-refractivity contribution in [1.82, 2.24) is 4.31 Å². The Kier molecular flexibility index (Phi) is 3.76. The minimum Gasteiger partial charge on any atom is -0.269 e. The molecule has 5 nitrogen and oxygen atoms in total. The second-order valence-electron chi connectivity index (χ2n) is 4.02. The van der Waals surface area contributed by atoms with Crippen LogP contribution in [0.2, 0.25) is 5.02 Å². The van der Waals surface area contributed by atoms with E-state index >= 15 is 0 Å². The summed E-state index contributed by atoms with van der Waals surface area (Å²) in [5, 5.41) is 8.92. The summed E-state index contributed by atoms with van der Waals surface area (Å²) in [6.07, 6.45) is 1.75. The van der Waals surface area contributed by atoms with Crippen LogP contribution in [-0.2, 0) is 10.2 Å². The van der Waals surface area contributed by atoms with E-state index in [-0.39, 0.29) is 5.02 Å². The van der Waals surface area contributed by atoms with Crippen LogP contribution in [0.4, 0.5) is 5.69 Å². The van der Waals surface area contributed by atoms with Crippen LogP contribution in [0, 0.1) is 11.3 Å². The molecule has 1 saturated heterocycles. The number of anilines is 1. The van der Waals surface area contributed by atoms with Gasteiger partial charge in [-0.15, -0.1) is 0 Å². The van der Waals surface area contributed by atoms with Crippen molar-refractivity contribution in [2.75, 3.05) is 17.8 Å². The molecular formula is C11H12ClN3O2S. The molecule has 96 valence electrons. The minimum absolute atomic E-state index is 0.219. The maximum absolute atomic E-state index is 12.0. The number of nitrogens with one attached hydrogen (secondary N) is 1. The van der Waals surface area contributed by atoms with Crippen molar-refractivity contribution in [3.05, 3.63) is 28.8 Å². The predicted octanol–water partition coefficient (Wildman–Crippen LogP) is 1.96. The van der Waals surface area contributed by atoms with Crippen molar-refractivity contribution in [2.45, 2.75) is 12.8 Å². The quantitative estimate of drug-likeness (QED) is 0.923. The fraction of sp³-hybridized carbons (Fsp3) is 0.364. The molecule has 1 aliphatic heterocycles. The van der Waals surface area contributed by atoms with E-state index in [1.165, 1.54) is 22.5 Å². The Bertz CT molecular complexity index is 589. The number of hydrogen-bond acceptors (Lipinski definition) is 3. The zero-order chi connectivity index (χ0) is 13.2. The van der Waals surface area contributed by atoms with E-state index in [9.17, 15) is 8.42 Å². The van der Waals surface area contributed by atoms with Gasteiger partial charge in [-0.25, -0.2) is 0 Å². The third-order valence-corrected chi connectivity index (χ3v) is 4.58. The van der Waals surface area contributed by atoms with Gasteiger partial charge in [0.25, 0.3) is 0 Å². The molecule has 0 aliphatic carbocycles. The molecule has 0 radical (unpaired) electrons. The maximum Gasteiger partial charge on any atom is 0.301 e. The topological polar surface area (TPSA) is 73.2 Å². The van der Waals surface area contributed by atoms with Gasteiger partial charge in [-0.3, -0.25) is 4.72 Å². The van der Waals surface area contributed by atoms with Gasteiger partial charge < -0.3 is 0 Å². The predicted molar refractivity (Wildman–Crippen MR) is 69.5 cm³/mol. The Morgan fingerprint density at radius 1 is 1.33 bits per heavy atom. The van der Waals surface area contributed by atoms with Gasteiger partial charge in [0, 0.05) is 13.1 Å². The number of hydrogen-bond donors (Lipinski definition) is 1. The van der Waals surface area contributed by atoms with Crippen LogP contribution in [0.1, 0.15) is 18.4 Å². The molecule has 1 fully saturated rings. The Hall–Kier alpha value is -1.29. The van der Waals surface area contributed by atoms with Crippen molar-refractivity contribution < 1.29 is 8.42 Å². The molecular weight excluding hydrogens is 274 g/mol. The highest BCUT2D eigenvalue weighted by Gasteiger charge is 2.25. The molecule has 0 spiro atoms. The summed E-state index contributed by atoms with van der Waals surface area (Å²) >= 11 is 5.92. The van der Waals surface area contributed by atoms with Crippen molar-refractivity contribution in [3.63, 3.8) is 0 Å². The molecule has 0 amide bonds. The minimum atomic E-state index is -3.54. The fourth-order valence-corrected chi connectivity index (χ4v) is 3.41. The number of nitrogens with zero attached hydrogens (tertiary/aromatic N) is 2. The molecule has 18 heavy (non-hydrogen) atoms. The lowest BCUT2D eigenvalue weighted by Gasteiger charge is -2.17. The molecule has 1 N–H and O–H groups in total. The van der Waals surface area contributed by atoms with E-state index in [1.807, 2.05) is 6.07 Å². The third kappa shape index (κ3) is 2.75. The lowest BCUT2D eigenvalue weighted by atomic mass is 10.2. The van der Waals surface area contributed by atoms with E-state index < -0.39 is 10.2 Å². The maximum atomic E-state index is 12.0. The summed E-state index contributed by atoms with van der Waals surface area (Å²) in [6.45, 7) is 1.06. The summed E-state index contributed by atoms with van der Waals surface area (Å²) in [4.78, 5) is 0. The first-order valence-corrected chi connectivity index (χ1v) is 7.32. The normalized spacial score (nSPS) is 16.4. The van der Waals surface area contributed by atoms with Gasteiger partial charge in [0.05, 0.1) is 22.3 Å². The SMILES string of the molecule is N#Cc1ccc(NS(=O)(=O)N2CCCC2)c(Cl)c1.